The number of carbonyl (C=O) groups excluding carboxylic acids is 1. The number of aryl methyl sites for hydroxylation is 2. The second kappa shape index (κ2) is 8.66. The predicted octanol–water partition coefficient (Wildman–Crippen LogP) is 2.35. The molecular formula is C22H22N4O6S. The summed E-state index contributed by atoms with van der Waals surface area (Å²) in [6.07, 6.45) is 0.677. The first kappa shape index (κ1) is 22.5. The Kier molecular flexibility index (Phi) is 5.90. The van der Waals surface area contributed by atoms with Gasteiger partial charge in [-0.1, -0.05) is 17.7 Å². The number of esters is 1. The zero-order valence-electron chi connectivity index (χ0n) is 18.3. The van der Waals surface area contributed by atoms with Crippen LogP contribution in [0.2, 0.25) is 0 Å². The summed E-state index contributed by atoms with van der Waals surface area (Å²) in [5.41, 5.74) is 1.18. The maximum absolute atomic E-state index is 13.3. The van der Waals surface area contributed by atoms with E-state index in [2.05, 4.69) is 20.0 Å². The standard InChI is InChI=1S/C22H22N4O6S/c1-13-6-9-18(14(2)11-13)33(29,30)22-20-23-21(28)16-8-7-15(12-17(16)26(20)25-24-22)32-10-4-5-19(27)31-3/h6-9,11-12,25H,4-5,10H2,1-3H3. The summed E-state index contributed by atoms with van der Waals surface area (Å²) < 4.78 is 38.2. The van der Waals surface area contributed by atoms with Crippen molar-refractivity contribution in [2.24, 2.45) is 0 Å². The number of nitrogens with one attached hydrogen (secondary N) is 1. The maximum atomic E-state index is 13.3. The summed E-state index contributed by atoms with van der Waals surface area (Å²) in [6, 6.07) is 9.74. The number of benzene rings is 2. The molecule has 0 saturated heterocycles. The minimum Gasteiger partial charge on any atom is -0.494 e. The molecule has 0 radical (unpaired) electrons. The van der Waals surface area contributed by atoms with Crippen LogP contribution < -0.4 is 10.3 Å². The molecule has 0 bridgehead atoms. The molecule has 0 fully saturated rings. The van der Waals surface area contributed by atoms with Gasteiger partial charge in [-0.25, -0.2) is 18.1 Å². The number of ether oxygens (including phenoxy) is 2. The van der Waals surface area contributed by atoms with Crippen LogP contribution in [0.3, 0.4) is 0 Å². The van der Waals surface area contributed by atoms with Gasteiger partial charge in [0.15, 0.2) is 5.65 Å². The Labute approximate surface area is 189 Å². The number of carbonyl (C=O) groups is 1. The van der Waals surface area contributed by atoms with Crippen molar-refractivity contribution in [3.8, 4) is 5.75 Å². The van der Waals surface area contributed by atoms with Crippen molar-refractivity contribution in [1.82, 2.24) is 19.8 Å². The number of aromatic amines is 1. The third-order valence-electron chi connectivity index (χ3n) is 5.20. The smallest absolute Gasteiger partial charge is 0.305 e. The molecule has 0 atom stereocenters. The molecule has 0 saturated carbocycles. The lowest BCUT2D eigenvalue weighted by molar-refractivity contribution is -0.140. The molecule has 172 valence electrons. The molecule has 0 spiro atoms. The monoisotopic (exact) mass is 470 g/mol. The number of nitrogens with zero attached hydrogens (tertiary/aromatic N) is 3. The average molecular weight is 471 g/mol. The van der Waals surface area contributed by atoms with Crippen LogP contribution in [0.4, 0.5) is 0 Å². The van der Waals surface area contributed by atoms with E-state index in [9.17, 15) is 18.0 Å². The van der Waals surface area contributed by atoms with Gasteiger partial charge >= 0.3 is 5.97 Å². The Hall–Kier alpha value is -3.73. The minimum atomic E-state index is -4.03. The molecule has 2 aromatic heterocycles. The minimum absolute atomic E-state index is 0.0964. The normalized spacial score (nSPS) is 11.7. The first-order valence-electron chi connectivity index (χ1n) is 10.1. The first-order valence-corrected chi connectivity index (χ1v) is 11.6. The van der Waals surface area contributed by atoms with Gasteiger partial charge in [-0.2, -0.15) is 4.98 Å². The zero-order chi connectivity index (χ0) is 23.8. The molecule has 0 aliphatic rings. The van der Waals surface area contributed by atoms with Crippen LogP contribution >= 0.6 is 0 Å². The molecule has 0 unspecified atom stereocenters. The molecule has 2 heterocycles. The highest BCUT2D eigenvalue weighted by molar-refractivity contribution is 7.91. The largest absolute Gasteiger partial charge is 0.494 e. The quantitative estimate of drug-likeness (QED) is 0.321. The van der Waals surface area contributed by atoms with Gasteiger partial charge in [-0.05, 0) is 44.0 Å². The fourth-order valence-corrected chi connectivity index (χ4v) is 5.05. The Morgan fingerprint density at radius 3 is 2.67 bits per heavy atom. The van der Waals surface area contributed by atoms with E-state index in [4.69, 9.17) is 4.74 Å². The number of rotatable bonds is 7. The van der Waals surface area contributed by atoms with Crippen LogP contribution in [0, 0.1) is 13.8 Å². The second-order valence-electron chi connectivity index (χ2n) is 7.57. The Balaban J connectivity index is 1.76. The van der Waals surface area contributed by atoms with Gasteiger partial charge in [0.1, 0.15) is 5.75 Å². The lowest BCUT2D eigenvalue weighted by Crippen LogP contribution is -2.13. The van der Waals surface area contributed by atoms with E-state index >= 15 is 0 Å². The van der Waals surface area contributed by atoms with Gasteiger partial charge in [0.2, 0.25) is 14.9 Å². The van der Waals surface area contributed by atoms with Crippen LogP contribution in [0.25, 0.3) is 16.6 Å². The molecule has 0 aliphatic carbocycles. The van der Waals surface area contributed by atoms with Crippen molar-refractivity contribution in [2.45, 2.75) is 36.6 Å². The lowest BCUT2D eigenvalue weighted by Gasteiger charge is -2.08. The number of hydrogen-bond donors (Lipinski definition) is 1. The molecule has 11 heteroatoms. The summed E-state index contributed by atoms with van der Waals surface area (Å²) >= 11 is 0. The molecule has 33 heavy (non-hydrogen) atoms. The van der Waals surface area contributed by atoms with Gasteiger partial charge in [0.25, 0.3) is 5.56 Å². The summed E-state index contributed by atoms with van der Waals surface area (Å²) in [6.45, 7) is 3.84. The van der Waals surface area contributed by atoms with E-state index < -0.39 is 15.4 Å². The summed E-state index contributed by atoms with van der Waals surface area (Å²) in [7, 11) is -2.71. The van der Waals surface area contributed by atoms with Gasteiger partial charge in [0, 0.05) is 12.5 Å². The zero-order valence-corrected chi connectivity index (χ0v) is 19.1. The summed E-state index contributed by atoms with van der Waals surface area (Å²) in [4.78, 5) is 27.9. The SMILES string of the molecule is COC(=O)CCCOc1ccc2c(=O)nc3c(S(=O)(=O)c4ccc(C)cc4C)n[nH]n3c2c1. The van der Waals surface area contributed by atoms with Gasteiger partial charge in [-0.15, -0.1) is 5.10 Å². The molecular weight excluding hydrogens is 448 g/mol. The Morgan fingerprint density at radius 1 is 1.15 bits per heavy atom. The number of methoxy groups -OCH3 is 1. The van der Waals surface area contributed by atoms with Crippen LogP contribution in [-0.2, 0) is 19.4 Å². The number of sulfone groups is 1. The molecule has 4 aromatic rings. The second-order valence-corrected chi connectivity index (χ2v) is 9.41. The van der Waals surface area contributed by atoms with E-state index in [1.54, 1.807) is 37.3 Å². The van der Waals surface area contributed by atoms with Crippen molar-refractivity contribution >= 4 is 32.4 Å². The molecule has 10 nitrogen and oxygen atoms in total. The number of aromatic nitrogens is 4. The predicted molar refractivity (Wildman–Crippen MR) is 119 cm³/mol. The molecule has 2 aromatic carbocycles. The summed E-state index contributed by atoms with van der Waals surface area (Å²) in [5, 5.41) is 6.58. The third-order valence-corrected chi connectivity index (χ3v) is 7.02. The fourth-order valence-electron chi connectivity index (χ4n) is 3.57. The van der Waals surface area contributed by atoms with E-state index in [1.807, 2.05) is 6.92 Å². The summed E-state index contributed by atoms with van der Waals surface area (Å²) in [5.74, 6) is 0.117. The van der Waals surface area contributed by atoms with E-state index in [1.165, 1.54) is 17.7 Å². The van der Waals surface area contributed by atoms with Crippen LogP contribution in [0.15, 0.2) is 51.1 Å². The van der Waals surface area contributed by atoms with Crippen LogP contribution in [0.5, 0.6) is 5.75 Å². The highest BCUT2D eigenvalue weighted by Gasteiger charge is 2.27. The van der Waals surface area contributed by atoms with Crippen molar-refractivity contribution in [1.29, 1.82) is 0 Å². The van der Waals surface area contributed by atoms with Crippen molar-refractivity contribution in [2.75, 3.05) is 13.7 Å². The maximum Gasteiger partial charge on any atom is 0.305 e. The molecule has 4 rings (SSSR count). The average Bonchev–Trinajstić information content (AvgIpc) is 3.21. The molecule has 0 amide bonds. The van der Waals surface area contributed by atoms with Gasteiger partial charge < -0.3 is 9.47 Å². The fraction of sp³-hybridized carbons (Fsp3) is 0.273. The number of hydrogen-bond acceptors (Lipinski definition) is 8. The van der Waals surface area contributed by atoms with Gasteiger partial charge in [-0.3, -0.25) is 9.59 Å². The topological polar surface area (TPSA) is 133 Å². The van der Waals surface area contributed by atoms with Crippen molar-refractivity contribution in [3.63, 3.8) is 0 Å². The van der Waals surface area contributed by atoms with E-state index in [-0.39, 0.29) is 40.0 Å². The number of H-pyrrole nitrogens is 1. The first-order chi connectivity index (χ1) is 15.7. The molecule has 1 N–H and O–H groups in total. The Morgan fingerprint density at radius 2 is 1.94 bits per heavy atom. The molecule has 0 aliphatic heterocycles. The van der Waals surface area contributed by atoms with Gasteiger partial charge in [0.05, 0.1) is 29.5 Å². The Bertz CT molecular complexity index is 1540. The number of fused-ring (bicyclic) bond motifs is 3. The lowest BCUT2D eigenvalue weighted by atomic mass is 10.2. The van der Waals surface area contributed by atoms with Crippen LogP contribution in [0.1, 0.15) is 24.0 Å². The highest BCUT2D eigenvalue weighted by Crippen LogP contribution is 2.27. The van der Waals surface area contributed by atoms with Crippen molar-refractivity contribution < 1.29 is 22.7 Å². The highest BCUT2D eigenvalue weighted by atomic mass is 32.2. The van der Waals surface area contributed by atoms with Crippen LogP contribution in [-0.4, -0.2) is 47.9 Å². The van der Waals surface area contributed by atoms with Crippen molar-refractivity contribution in [3.05, 3.63) is 57.9 Å². The van der Waals surface area contributed by atoms with E-state index in [0.717, 1.165) is 5.56 Å². The van der Waals surface area contributed by atoms with E-state index in [0.29, 0.717) is 23.3 Å². The third kappa shape index (κ3) is 4.19.